The predicted octanol–water partition coefficient (Wildman–Crippen LogP) is 3.23. The van der Waals surface area contributed by atoms with E-state index in [1.807, 2.05) is 30.3 Å². The van der Waals surface area contributed by atoms with Crippen molar-refractivity contribution in [3.63, 3.8) is 0 Å². The monoisotopic (exact) mass is 411 g/mol. The largest absolute Gasteiger partial charge is 1.00 e. The lowest BCUT2D eigenvalue weighted by atomic mass is 10.1. The summed E-state index contributed by atoms with van der Waals surface area (Å²) in [5, 5.41) is 0. The number of hydrogen-bond donors (Lipinski definition) is 0. The maximum Gasteiger partial charge on any atom is 0.338 e. The normalized spacial score (nSPS) is 11.1. The third-order valence-corrected chi connectivity index (χ3v) is 5.52. The summed E-state index contributed by atoms with van der Waals surface area (Å²) in [6.07, 6.45) is 11.5. The number of carbonyl (C=O) groups excluding carboxylic acids is 1. The van der Waals surface area contributed by atoms with Gasteiger partial charge in [0.1, 0.15) is 13.2 Å². The fourth-order valence-corrected chi connectivity index (χ4v) is 3.75. The number of nitrogens with zero attached hydrogens (tertiary/aromatic N) is 1. The van der Waals surface area contributed by atoms with Gasteiger partial charge in [0.2, 0.25) is 0 Å². The van der Waals surface area contributed by atoms with Crippen LogP contribution in [-0.2, 0) is 4.74 Å². The number of rotatable bonds is 16. The third-order valence-electron chi connectivity index (χ3n) is 5.52. The molecule has 0 aliphatic rings. The molecular weight excluding hydrogens is 370 g/mol. The Balaban J connectivity index is 0.00000729. The zero-order valence-electron chi connectivity index (χ0n) is 18.4. The maximum absolute atomic E-state index is 12.3. The van der Waals surface area contributed by atoms with Crippen LogP contribution in [0.4, 0.5) is 0 Å². The smallest absolute Gasteiger partial charge is 0.338 e. The molecule has 0 amide bonds. The Labute approximate surface area is 179 Å². The van der Waals surface area contributed by atoms with Gasteiger partial charge in [0, 0.05) is 0 Å². The highest BCUT2D eigenvalue weighted by atomic mass is 35.5. The summed E-state index contributed by atoms with van der Waals surface area (Å²) in [7, 11) is 0. The van der Waals surface area contributed by atoms with E-state index in [2.05, 4.69) is 20.8 Å². The lowest BCUT2D eigenvalue weighted by Crippen LogP contribution is -3.00. The first-order valence-corrected chi connectivity index (χ1v) is 11.2. The molecule has 0 unspecified atom stereocenters. The van der Waals surface area contributed by atoms with Gasteiger partial charge >= 0.3 is 5.97 Å². The van der Waals surface area contributed by atoms with Crippen molar-refractivity contribution in [2.45, 2.75) is 78.6 Å². The number of unbranched alkanes of at least 4 members (excludes halogenated alkanes) is 6. The summed E-state index contributed by atoms with van der Waals surface area (Å²) in [6, 6.07) is 9.35. The number of benzene rings is 1. The van der Waals surface area contributed by atoms with Gasteiger partial charge in [0.15, 0.2) is 0 Å². The summed E-state index contributed by atoms with van der Waals surface area (Å²) in [5.41, 5.74) is 0.651. The molecule has 4 heteroatoms. The highest BCUT2D eigenvalue weighted by molar-refractivity contribution is 5.89. The van der Waals surface area contributed by atoms with Crippen molar-refractivity contribution in [1.29, 1.82) is 0 Å². The fraction of sp³-hybridized carbons (Fsp3) is 0.708. The molecule has 0 aromatic heterocycles. The topological polar surface area (TPSA) is 26.3 Å². The van der Waals surface area contributed by atoms with E-state index in [4.69, 9.17) is 4.74 Å². The molecule has 28 heavy (non-hydrogen) atoms. The number of halogens is 1. The van der Waals surface area contributed by atoms with Crippen LogP contribution in [0.15, 0.2) is 30.3 Å². The van der Waals surface area contributed by atoms with Crippen LogP contribution in [0.25, 0.3) is 0 Å². The lowest BCUT2D eigenvalue weighted by molar-refractivity contribution is -0.929. The average Bonchev–Trinajstić information content (AvgIpc) is 2.69. The van der Waals surface area contributed by atoms with Crippen LogP contribution in [0.3, 0.4) is 0 Å². The zero-order valence-corrected chi connectivity index (χ0v) is 19.2. The van der Waals surface area contributed by atoms with Crippen LogP contribution in [0.5, 0.6) is 0 Å². The molecule has 0 saturated carbocycles. The Morgan fingerprint density at radius 3 is 1.64 bits per heavy atom. The van der Waals surface area contributed by atoms with Crippen LogP contribution in [-0.4, -0.2) is 43.2 Å². The van der Waals surface area contributed by atoms with Crippen LogP contribution >= 0.6 is 0 Å². The second-order valence-electron chi connectivity index (χ2n) is 7.86. The van der Waals surface area contributed by atoms with Crippen molar-refractivity contribution < 1.29 is 26.4 Å². The summed E-state index contributed by atoms with van der Waals surface area (Å²) < 4.78 is 6.78. The minimum absolute atomic E-state index is 0. The predicted molar refractivity (Wildman–Crippen MR) is 115 cm³/mol. The quantitative estimate of drug-likeness (QED) is 0.237. The van der Waals surface area contributed by atoms with Crippen molar-refractivity contribution in [2.75, 3.05) is 32.8 Å². The molecule has 0 fully saturated rings. The Morgan fingerprint density at radius 1 is 0.750 bits per heavy atom. The summed E-state index contributed by atoms with van der Waals surface area (Å²) in [5.74, 6) is -0.190. The maximum atomic E-state index is 12.3. The molecular formula is C24H42ClNO2. The molecule has 0 aliphatic carbocycles. The van der Waals surface area contributed by atoms with E-state index in [-0.39, 0.29) is 18.4 Å². The Hall–Kier alpha value is -1.06. The second-order valence-corrected chi connectivity index (χ2v) is 7.86. The lowest BCUT2D eigenvalue weighted by Gasteiger charge is -2.39. The van der Waals surface area contributed by atoms with E-state index in [0.29, 0.717) is 12.2 Å². The van der Waals surface area contributed by atoms with Crippen LogP contribution in [0, 0.1) is 0 Å². The van der Waals surface area contributed by atoms with Crippen molar-refractivity contribution in [3.05, 3.63) is 35.9 Å². The number of quaternary nitrogens is 1. The van der Waals surface area contributed by atoms with E-state index in [1.165, 1.54) is 77.4 Å². The van der Waals surface area contributed by atoms with Gasteiger partial charge in [0.05, 0.1) is 25.2 Å². The van der Waals surface area contributed by atoms with Crippen molar-refractivity contribution in [3.8, 4) is 0 Å². The van der Waals surface area contributed by atoms with Gasteiger partial charge in [-0.15, -0.1) is 0 Å². The molecule has 0 aliphatic heterocycles. The van der Waals surface area contributed by atoms with Crippen LogP contribution in [0.1, 0.15) is 88.9 Å². The molecule has 0 N–H and O–H groups in total. The second kappa shape index (κ2) is 16.9. The molecule has 1 aromatic carbocycles. The van der Waals surface area contributed by atoms with Gasteiger partial charge in [-0.1, -0.05) is 58.2 Å². The highest BCUT2D eigenvalue weighted by Crippen LogP contribution is 2.17. The van der Waals surface area contributed by atoms with E-state index in [0.717, 1.165) is 11.0 Å². The van der Waals surface area contributed by atoms with Gasteiger partial charge in [0.25, 0.3) is 0 Å². The highest BCUT2D eigenvalue weighted by Gasteiger charge is 2.26. The van der Waals surface area contributed by atoms with Crippen molar-refractivity contribution >= 4 is 5.97 Å². The first-order valence-electron chi connectivity index (χ1n) is 11.2. The summed E-state index contributed by atoms with van der Waals surface area (Å²) in [4.78, 5) is 12.3. The number of hydrogen-bond acceptors (Lipinski definition) is 2. The third kappa shape index (κ3) is 11.1. The molecule has 0 heterocycles. The van der Waals surface area contributed by atoms with Gasteiger partial charge in [-0.3, -0.25) is 0 Å². The fourth-order valence-electron chi connectivity index (χ4n) is 3.75. The molecule has 3 nitrogen and oxygen atoms in total. The minimum Gasteiger partial charge on any atom is -1.00 e. The Bertz CT molecular complexity index is 466. The van der Waals surface area contributed by atoms with Crippen LogP contribution in [0.2, 0.25) is 0 Å². The number of ether oxygens (including phenoxy) is 1. The van der Waals surface area contributed by atoms with Gasteiger partial charge in [-0.2, -0.15) is 0 Å². The van der Waals surface area contributed by atoms with E-state index in [1.54, 1.807) is 0 Å². The van der Waals surface area contributed by atoms with Gasteiger partial charge in [-0.25, -0.2) is 4.79 Å². The van der Waals surface area contributed by atoms with Gasteiger partial charge in [-0.05, 0) is 50.7 Å². The zero-order chi connectivity index (χ0) is 19.8. The van der Waals surface area contributed by atoms with Gasteiger partial charge < -0.3 is 21.6 Å². The first-order chi connectivity index (χ1) is 13.2. The van der Waals surface area contributed by atoms with Crippen molar-refractivity contribution in [2.24, 2.45) is 0 Å². The Morgan fingerprint density at radius 2 is 1.21 bits per heavy atom. The molecule has 0 bridgehead atoms. The summed E-state index contributed by atoms with van der Waals surface area (Å²) in [6.45, 7) is 12.0. The Kier molecular flexibility index (Phi) is 16.2. The number of esters is 1. The standard InChI is InChI=1S/C24H42NO2.ClH/c1-4-7-13-18-25(19-14-8-5-2,20-15-9-6-3)21-22-27-24(26)23-16-11-10-12-17-23;/h10-12,16-17H,4-9,13-15,18-22H2,1-3H3;1H/q+1;/p-1. The van der Waals surface area contributed by atoms with Crippen molar-refractivity contribution in [1.82, 2.24) is 0 Å². The molecule has 162 valence electrons. The molecule has 1 aromatic rings. The molecule has 0 spiro atoms. The minimum atomic E-state index is -0.190. The first kappa shape index (κ1) is 26.9. The molecule has 0 radical (unpaired) electrons. The SMILES string of the molecule is CCCCC[N+](CCCCC)(CCCCC)CCOC(=O)c1ccccc1.[Cl-]. The molecule has 0 atom stereocenters. The van der Waals surface area contributed by atoms with E-state index < -0.39 is 0 Å². The number of carbonyl (C=O) groups is 1. The van der Waals surface area contributed by atoms with Crippen LogP contribution < -0.4 is 12.4 Å². The molecule has 1 rings (SSSR count). The summed E-state index contributed by atoms with van der Waals surface area (Å²) >= 11 is 0. The van der Waals surface area contributed by atoms with E-state index in [9.17, 15) is 4.79 Å². The average molecular weight is 412 g/mol. The molecule has 0 saturated heterocycles. The van der Waals surface area contributed by atoms with E-state index >= 15 is 0 Å².